The summed E-state index contributed by atoms with van der Waals surface area (Å²) >= 11 is 0. The molecule has 2 fully saturated rings. The first-order valence-corrected chi connectivity index (χ1v) is 9.88. The molecule has 26 heavy (non-hydrogen) atoms. The van der Waals surface area contributed by atoms with Crippen LogP contribution >= 0.6 is 0 Å². The number of anilines is 2. The predicted octanol–water partition coefficient (Wildman–Crippen LogP) is 0.711. The van der Waals surface area contributed by atoms with E-state index in [4.69, 9.17) is 15.7 Å². The molecule has 7 heteroatoms. The molecule has 3 N–H and O–H groups in total. The molecular formula is C19H30N6O. The van der Waals surface area contributed by atoms with Crippen LogP contribution in [0.5, 0.6) is 0 Å². The number of nitrogens with one attached hydrogen (secondary N) is 1. The Bertz CT molecular complexity index is 687. The summed E-state index contributed by atoms with van der Waals surface area (Å²) < 4.78 is 0. The number of carbonyl (C=O) groups is 1. The van der Waals surface area contributed by atoms with E-state index in [1.54, 1.807) is 0 Å². The van der Waals surface area contributed by atoms with Gasteiger partial charge in [-0.1, -0.05) is 0 Å². The molecule has 0 unspecified atom stereocenters. The standard InChI is InChI=1S/C19H30N6O/c1-24(2)19-22-15-6-4-3-5-13(15)18(23-19)25-10-14(12-7-8-12)16(11-25)21-17(26)9-20/h12,14,16H,3-11,20H2,1-2H3,(H,21,26)/t14-,16+/m0/s1. The van der Waals surface area contributed by atoms with Gasteiger partial charge in [-0.15, -0.1) is 0 Å². The van der Waals surface area contributed by atoms with E-state index in [0.717, 1.165) is 43.6 Å². The maximum absolute atomic E-state index is 11.9. The summed E-state index contributed by atoms with van der Waals surface area (Å²) in [6.07, 6.45) is 7.06. The molecule has 0 radical (unpaired) electrons. The van der Waals surface area contributed by atoms with Crippen LogP contribution in [0.15, 0.2) is 0 Å². The third-order valence-electron chi connectivity index (χ3n) is 5.97. The van der Waals surface area contributed by atoms with Crippen molar-refractivity contribution in [2.45, 2.75) is 44.6 Å². The van der Waals surface area contributed by atoms with E-state index >= 15 is 0 Å². The van der Waals surface area contributed by atoms with Gasteiger partial charge >= 0.3 is 0 Å². The monoisotopic (exact) mass is 358 g/mol. The summed E-state index contributed by atoms with van der Waals surface area (Å²) in [6.45, 7) is 1.85. The number of nitrogens with two attached hydrogens (primary N) is 1. The minimum absolute atomic E-state index is 0.0544. The maximum atomic E-state index is 11.9. The van der Waals surface area contributed by atoms with Gasteiger partial charge in [0.05, 0.1) is 18.3 Å². The van der Waals surface area contributed by atoms with Crippen molar-refractivity contribution in [3.05, 3.63) is 11.3 Å². The van der Waals surface area contributed by atoms with E-state index in [0.29, 0.717) is 5.92 Å². The summed E-state index contributed by atoms with van der Waals surface area (Å²) in [5.41, 5.74) is 8.06. The second kappa shape index (κ2) is 7.02. The number of rotatable bonds is 5. The van der Waals surface area contributed by atoms with Crippen LogP contribution in [0.3, 0.4) is 0 Å². The van der Waals surface area contributed by atoms with Crippen LogP contribution in [0.4, 0.5) is 11.8 Å². The third kappa shape index (κ3) is 3.37. The lowest BCUT2D eigenvalue weighted by molar-refractivity contribution is -0.120. The Morgan fingerprint density at radius 2 is 2.00 bits per heavy atom. The minimum atomic E-state index is -0.0544. The average molecular weight is 358 g/mol. The average Bonchev–Trinajstić information content (AvgIpc) is 3.41. The normalized spacial score (nSPS) is 25.1. The fraction of sp³-hybridized carbons (Fsp3) is 0.737. The molecule has 1 aromatic rings. The quantitative estimate of drug-likeness (QED) is 0.806. The van der Waals surface area contributed by atoms with Gasteiger partial charge in [0.25, 0.3) is 0 Å². The smallest absolute Gasteiger partial charge is 0.234 e. The van der Waals surface area contributed by atoms with Crippen molar-refractivity contribution < 1.29 is 4.79 Å². The molecule has 3 aliphatic rings. The molecular weight excluding hydrogens is 328 g/mol. The lowest BCUT2D eigenvalue weighted by Gasteiger charge is -2.26. The number of carbonyl (C=O) groups excluding carboxylic acids is 1. The number of fused-ring (bicyclic) bond motifs is 1. The second-order valence-electron chi connectivity index (χ2n) is 8.16. The Morgan fingerprint density at radius 3 is 2.69 bits per heavy atom. The zero-order valence-electron chi connectivity index (χ0n) is 15.9. The van der Waals surface area contributed by atoms with Crippen LogP contribution < -0.4 is 20.9 Å². The molecule has 0 spiro atoms. The van der Waals surface area contributed by atoms with Gasteiger partial charge in [-0.3, -0.25) is 4.79 Å². The molecule has 7 nitrogen and oxygen atoms in total. The van der Waals surface area contributed by atoms with Gasteiger partial charge in [0.15, 0.2) is 0 Å². The zero-order chi connectivity index (χ0) is 18.3. The number of aryl methyl sites for hydroxylation is 1. The van der Waals surface area contributed by atoms with Gasteiger partial charge in [0.1, 0.15) is 5.82 Å². The molecule has 1 saturated heterocycles. The van der Waals surface area contributed by atoms with Crippen molar-refractivity contribution in [1.82, 2.24) is 15.3 Å². The SMILES string of the molecule is CN(C)c1nc2c(c(N3C[C@@H](NC(=O)CN)[C@H](C4CC4)C3)n1)CCCC2. The Morgan fingerprint density at radius 1 is 1.23 bits per heavy atom. The largest absolute Gasteiger partial charge is 0.354 e. The summed E-state index contributed by atoms with van der Waals surface area (Å²) in [4.78, 5) is 26.0. The molecule has 1 amide bonds. The van der Waals surface area contributed by atoms with E-state index in [9.17, 15) is 4.79 Å². The first-order chi connectivity index (χ1) is 12.6. The van der Waals surface area contributed by atoms with Crippen molar-refractivity contribution in [2.75, 3.05) is 43.5 Å². The highest BCUT2D eigenvalue weighted by Gasteiger charge is 2.44. The molecule has 1 aromatic heterocycles. The lowest BCUT2D eigenvalue weighted by atomic mass is 9.96. The number of hydrogen-bond acceptors (Lipinski definition) is 6. The van der Waals surface area contributed by atoms with Crippen molar-refractivity contribution in [2.24, 2.45) is 17.6 Å². The Labute approximate surface area is 155 Å². The summed E-state index contributed by atoms with van der Waals surface area (Å²) in [7, 11) is 3.99. The molecule has 2 atom stereocenters. The molecule has 0 bridgehead atoms. The molecule has 4 rings (SSSR count). The number of amides is 1. The van der Waals surface area contributed by atoms with Gasteiger partial charge in [-0.05, 0) is 44.4 Å². The first-order valence-electron chi connectivity index (χ1n) is 9.88. The lowest BCUT2D eigenvalue weighted by Crippen LogP contribution is -2.44. The van der Waals surface area contributed by atoms with E-state index < -0.39 is 0 Å². The topological polar surface area (TPSA) is 87.4 Å². The maximum Gasteiger partial charge on any atom is 0.234 e. The molecule has 1 aliphatic heterocycles. The highest BCUT2D eigenvalue weighted by atomic mass is 16.1. The molecule has 0 aromatic carbocycles. The van der Waals surface area contributed by atoms with Crippen LogP contribution in [0.25, 0.3) is 0 Å². The van der Waals surface area contributed by atoms with Crippen LogP contribution in [0.1, 0.15) is 36.9 Å². The van der Waals surface area contributed by atoms with E-state index in [1.165, 1.54) is 36.9 Å². The number of hydrogen-bond donors (Lipinski definition) is 2. The van der Waals surface area contributed by atoms with E-state index in [-0.39, 0.29) is 18.5 Å². The Kier molecular flexibility index (Phi) is 4.73. The van der Waals surface area contributed by atoms with Crippen LogP contribution in [0.2, 0.25) is 0 Å². The highest BCUT2D eigenvalue weighted by molar-refractivity contribution is 5.78. The van der Waals surface area contributed by atoms with E-state index in [2.05, 4.69) is 10.2 Å². The Hall–Kier alpha value is -1.89. The van der Waals surface area contributed by atoms with Gasteiger partial charge < -0.3 is 20.9 Å². The van der Waals surface area contributed by atoms with Crippen LogP contribution in [-0.2, 0) is 17.6 Å². The minimum Gasteiger partial charge on any atom is -0.354 e. The number of aromatic nitrogens is 2. The van der Waals surface area contributed by atoms with Crippen molar-refractivity contribution in [1.29, 1.82) is 0 Å². The fourth-order valence-corrected chi connectivity index (χ4v) is 4.45. The summed E-state index contributed by atoms with van der Waals surface area (Å²) in [5, 5.41) is 3.16. The van der Waals surface area contributed by atoms with Gasteiger partial charge in [0.2, 0.25) is 11.9 Å². The van der Waals surface area contributed by atoms with Crippen molar-refractivity contribution in [3.63, 3.8) is 0 Å². The van der Waals surface area contributed by atoms with Crippen molar-refractivity contribution >= 4 is 17.7 Å². The zero-order valence-corrected chi connectivity index (χ0v) is 15.9. The van der Waals surface area contributed by atoms with Crippen LogP contribution in [0, 0.1) is 11.8 Å². The van der Waals surface area contributed by atoms with Gasteiger partial charge in [0, 0.05) is 38.7 Å². The molecule has 2 aliphatic carbocycles. The highest BCUT2D eigenvalue weighted by Crippen LogP contribution is 2.43. The van der Waals surface area contributed by atoms with Gasteiger partial charge in [-0.2, -0.15) is 4.98 Å². The third-order valence-corrected chi connectivity index (χ3v) is 5.97. The van der Waals surface area contributed by atoms with E-state index in [1.807, 2.05) is 19.0 Å². The number of nitrogens with zero attached hydrogens (tertiary/aromatic N) is 4. The summed E-state index contributed by atoms with van der Waals surface area (Å²) in [5.74, 6) is 3.06. The second-order valence-corrected chi connectivity index (χ2v) is 8.16. The fourth-order valence-electron chi connectivity index (χ4n) is 4.45. The molecule has 142 valence electrons. The van der Waals surface area contributed by atoms with Crippen molar-refractivity contribution in [3.8, 4) is 0 Å². The molecule has 2 heterocycles. The van der Waals surface area contributed by atoms with Gasteiger partial charge in [-0.25, -0.2) is 4.98 Å². The molecule has 1 saturated carbocycles. The Balaban J connectivity index is 1.64. The predicted molar refractivity (Wildman–Crippen MR) is 102 cm³/mol. The first kappa shape index (κ1) is 17.5. The summed E-state index contributed by atoms with van der Waals surface area (Å²) in [6, 6.07) is 0.176. The van der Waals surface area contributed by atoms with Crippen LogP contribution in [-0.4, -0.2) is 55.6 Å².